The number of rotatable bonds is 5. The van der Waals surface area contributed by atoms with Gasteiger partial charge in [0.05, 0.1) is 12.6 Å². The molecule has 1 aromatic carbocycles. The number of carbonyl (C=O) groups is 1. The molecule has 8 nitrogen and oxygen atoms in total. The highest BCUT2D eigenvalue weighted by Gasteiger charge is 2.27. The molecule has 0 radical (unpaired) electrons. The minimum absolute atomic E-state index is 0.171. The first-order valence-corrected chi connectivity index (χ1v) is 11.0. The van der Waals surface area contributed by atoms with Gasteiger partial charge in [-0.25, -0.2) is 9.52 Å². The van der Waals surface area contributed by atoms with Crippen LogP contribution in [-0.2, 0) is 42.3 Å². The molecule has 3 N–H and O–H groups in total. The SMILES string of the molecule is C[C@@H](O)Cn1ccc(S(=O)(=O)NC(=O)Nc2c3c(cc4c2CCC4)CCC3)n1. The van der Waals surface area contributed by atoms with Crippen LogP contribution in [0.2, 0.25) is 0 Å². The number of anilines is 1. The molecule has 0 unspecified atom stereocenters. The lowest BCUT2D eigenvalue weighted by molar-refractivity contribution is 0.168. The average Bonchev–Trinajstić information content (AvgIpc) is 3.32. The van der Waals surface area contributed by atoms with E-state index in [1.807, 2.05) is 0 Å². The Balaban J connectivity index is 1.53. The molecular formula is C19H24N4O4S. The summed E-state index contributed by atoms with van der Waals surface area (Å²) >= 11 is 0. The predicted molar refractivity (Wildman–Crippen MR) is 104 cm³/mol. The number of nitrogens with one attached hydrogen (secondary N) is 2. The molecule has 0 bridgehead atoms. The molecule has 0 saturated carbocycles. The van der Waals surface area contributed by atoms with E-state index in [1.54, 1.807) is 6.92 Å². The minimum atomic E-state index is -4.10. The number of nitrogens with zero attached hydrogens (tertiary/aromatic N) is 2. The van der Waals surface area contributed by atoms with Crippen LogP contribution >= 0.6 is 0 Å². The summed E-state index contributed by atoms with van der Waals surface area (Å²) in [7, 11) is -4.10. The Bertz CT molecular complexity index is 995. The number of aliphatic hydroxyl groups is 1. The molecule has 1 heterocycles. The zero-order chi connectivity index (χ0) is 19.9. The molecule has 28 heavy (non-hydrogen) atoms. The van der Waals surface area contributed by atoms with Crippen LogP contribution < -0.4 is 10.0 Å². The summed E-state index contributed by atoms with van der Waals surface area (Å²) in [5.41, 5.74) is 5.57. The predicted octanol–water partition coefficient (Wildman–Crippen LogP) is 1.75. The Morgan fingerprint density at radius 3 is 2.46 bits per heavy atom. The number of aliphatic hydroxyl groups excluding tert-OH is 1. The number of amides is 2. The van der Waals surface area contributed by atoms with Crippen LogP contribution in [0.15, 0.2) is 23.4 Å². The lowest BCUT2D eigenvalue weighted by atomic mass is 9.99. The monoisotopic (exact) mass is 404 g/mol. The van der Waals surface area contributed by atoms with Crippen LogP contribution in [0.3, 0.4) is 0 Å². The summed E-state index contributed by atoms with van der Waals surface area (Å²) in [6.07, 6.45) is 6.69. The molecule has 2 aliphatic rings. The van der Waals surface area contributed by atoms with Gasteiger partial charge in [-0.05, 0) is 73.8 Å². The molecule has 1 aromatic heterocycles. The topological polar surface area (TPSA) is 113 Å². The van der Waals surface area contributed by atoms with E-state index in [0.29, 0.717) is 0 Å². The van der Waals surface area contributed by atoms with Crippen molar-refractivity contribution >= 4 is 21.7 Å². The zero-order valence-electron chi connectivity index (χ0n) is 15.7. The zero-order valence-corrected chi connectivity index (χ0v) is 16.6. The maximum absolute atomic E-state index is 12.5. The average molecular weight is 404 g/mol. The molecule has 9 heteroatoms. The molecule has 150 valence electrons. The van der Waals surface area contributed by atoms with E-state index >= 15 is 0 Å². The number of benzene rings is 1. The maximum Gasteiger partial charge on any atom is 0.333 e. The number of carbonyl (C=O) groups excluding carboxylic acids is 1. The summed E-state index contributed by atoms with van der Waals surface area (Å²) in [6.45, 7) is 1.75. The number of aromatic nitrogens is 2. The normalized spacial score (nSPS) is 16.5. The van der Waals surface area contributed by atoms with Gasteiger partial charge in [-0.1, -0.05) is 6.07 Å². The number of hydrogen-bond donors (Lipinski definition) is 3. The summed E-state index contributed by atoms with van der Waals surface area (Å²) in [5, 5.41) is 15.9. The van der Waals surface area contributed by atoms with Crippen molar-refractivity contribution in [3.05, 3.63) is 40.6 Å². The lowest BCUT2D eigenvalue weighted by Gasteiger charge is -2.16. The van der Waals surface area contributed by atoms with Crippen LogP contribution in [-0.4, -0.2) is 35.4 Å². The van der Waals surface area contributed by atoms with E-state index in [1.165, 1.54) is 28.1 Å². The number of fused-ring (bicyclic) bond motifs is 2. The fraction of sp³-hybridized carbons (Fsp3) is 0.474. The fourth-order valence-corrected chi connectivity index (χ4v) is 4.99. The minimum Gasteiger partial charge on any atom is -0.391 e. The van der Waals surface area contributed by atoms with E-state index in [4.69, 9.17) is 0 Å². The van der Waals surface area contributed by atoms with Gasteiger partial charge in [0.2, 0.25) is 0 Å². The van der Waals surface area contributed by atoms with Crippen LogP contribution in [0.25, 0.3) is 0 Å². The van der Waals surface area contributed by atoms with Crippen molar-refractivity contribution in [1.82, 2.24) is 14.5 Å². The Labute approximate surface area is 164 Å². The van der Waals surface area contributed by atoms with E-state index in [0.717, 1.165) is 55.3 Å². The van der Waals surface area contributed by atoms with Gasteiger partial charge < -0.3 is 10.4 Å². The highest BCUT2D eigenvalue weighted by atomic mass is 32.2. The second kappa shape index (κ2) is 7.21. The molecule has 0 spiro atoms. The maximum atomic E-state index is 12.5. The van der Waals surface area contributed by atoms with Crippen LogP contribution in [0.4, 0.5) is 10.5 Å². The second-order valence-electron chi connectivity index (χ2n) is 7.52. The Morgan fingerprint density at radius 2 is 1.86 bits per heavy atom. The van der Waals surface area contributed by atoms with Crippen molar-refractivity contribution in [3.8, 4) is 0 Å². The van der Waals surface area contributed by atoms with Gasteiger partial charge in [0, 0.05) is 11.9 Å². The third-order valence-corrected chi connectivity index (χ3v) is 6.50. The first kappa shape index (κ1) is 18.9. The number of urea groups is 1. The molecule has 2 aliphatic carbocycles. The lowest BCUT2D eigenvalue weighted by Crippen LogP contribution is -2.35. The van der Waals surface area contributed by atoms with Gasteiger partial charge in [-0.2, -0.15) is 13.5 Å². The summed E-state index contributed by atoms with van der Waals surface area (Å²) < 4.78 is 28.4. The highest BCUT2D eigenvalue weighted by molar-refractivity contribution is 7.90. The standard InChI is InChI=1S/C19H24N4O4S/c1-12(24)11-23-9-8-17(21-23)28(26,27)22-19(25)20-18-15-6-2-4-13(15)10-14-5-3-7-16(14)18/h8-10,12,24H,2-7,11H2,1H3,(H2,20,22,25)/t12-/m1/s1. The van der Waals surface area contributed by atoms with Gasteiger partial charge in [0.25, 0.3) is 10.0 Å². The smallest absolute Gasteiger partial charge is 0.333 e. The van der Waals surface area contributed by atoms with E-state index in [9.17, 15) is 18.3 Å². The first-order valence-electron chi connectivity index (χ1n) is 9.55. The fourth-order valence-electron chi connectivity index (χ4n) is 4.14. The van der Waals surface area contributed by atoms with Crippen LogP contribution in [0.1, 0.15) is 42.0 Å². The Hall–Kier alpha value is -2.39. The van der Waals surface area contributed by atoms with Gasteiger partial charge >= 0.3 is 6.03 Å². The third-order valence-electron chi connectivity index (χ3n) is 5.28. The number of sulfonamides is 1. The van der Waals surface area contributed by atoms with E-state index < -0.39 is 22.2 Å². The van der Waals surface area contributed by atoms with Gasteiger partial charge in [-0.15, -0.1) is 0 Å². The molecule has 0 saturated heterocycles. The molecule has 2 aromatic rings. The van der Waals surface area contributed by atoms with E-state index in [2.05, 4.69) is 21.2 Å². The van der Waals surface area contributed by atoms with Gasteiger partial charge in [0.1, 0.15) is 0 Å². The Kier molecular flexibility index (Phi) is 4.88. The van der Waals surface area contributed by atoms with Crippen molar-refractivity contribution < 1.29 is 18.3 Å². The second-order valence-corrected chi connectivity index (χ2v) is 9.15. The number of aryl methyl sites for hydroxylation is 2. The van der Waals surface area contributed by atoms with Gasteiger partial charge in [0.15, 0.2) is 5.03 Å². The van der Waals surface area contributed by atoms with Crippen molar-refractivity contribution in [2.45, 2.75) is 63.1 Å². The Morgan fingerprint density at radius 1 is 1.21 bits per heavy atom. The first-order chi connectivity index (χ1) is 13.3. The molecule has 4 rings (SSSR count). The van der Waals surface area contributed by atoms with Crippen molar-refractivity contribution in [3.63, 3.8) is 0 Å². The van der Waals surface area contributed by atoms with Gasteiger partial charge in [-0.3, -0.25) is 4.68 Å². The van der Waals surface area contributed by atoms with Crippen molar-refractivity contribution in [2.75, 3.05) is 5.32 Å². The van der Waals surface area contributed by atoms with E-state index in [-0.39, 0.29) is 11.6 Å². The number of hydrogen-bond acceptors (Lipinski definition) is 5. The van der Waals surface area contributed by atoms with Crippen molar-refractivity contribution in [2.24, 2.45) is 0 Å². The van der Waals surface area contributed by atoms with Crippen molar-refractivity contribution in [1.29, 1.82) is 0 Å². The third kappa shape index (κ3) is 3.64. The molecule has 2 amide bonds. The van der Waals surface area contributed by atoms with Crippen LogP contribution in [0, 0.1) is 0 Å². The summed E-state index contributed by atoms with van der Waals surface area (Å²) in [5.74, 6) is 0. The summed E-state index contributed by atoms with van der Waals surface area (Å²) in [4.78, 5) is 12.5. The largest absolute Gasteiger partial charge is 0.391 e. The molecule has 1 atom stereocenters. The highest BCUT2D eigenvalue weighted by Crippen LogP contribution is 2.38. The quantitative estimate of drug-likeness (QED) is 0.703. The van der Waals surface area contributed by atoms with Crippen LogP contribution in [0.5, 0.6) is 0 Å². The molecule has 0 aliphatic heterocycles. The molecular weight excluding hydrogens is 380 g/mol. The molecule has 0 fully saturated rings. The summed E-state index contributed by atoms with van der Waals surface area (Å²) in [6, 6.07) is 2.77.